The van der Waals surface area contributed by atoms with Gasteiger partial charge in [0.1, 0.15) is 0 Å². The molecule has 1 aromatic carbocycles. The van der Waals surface area contributed by atoms with Gasteiger partial charge in [0.2, 0.25) is 0 Å². The molecule has 0 aliphatic heterocycles. The Morgan fingerprint density at radius 2 is 1.77 bits per heavy atom. The monoisotopic (exact) mass is 186 g/mol. The fraction of sp³-hybridized carbons (Fsp3) is 0.143. The number of halogens is 2. The first-order chi connectivity index (χ1) is 6.20. The van der Waals surface area contributed by atoms with Crippen molar-refractivity contribution in [1.29, 1.82) is 0 Å². The van der Waals surface area contributed by atoms with E-state index in [9.17, 15) is 13.5 Å². The maximum absolute atomic E-state index is 12.9. The van der Waals surface area contributed by atoms with Gasteiger partial charge in [-0.3, -0.25) is 0 Å². The van der Waals surface area contributed by atoms with E-state index in [0.717, 1.165) is 12.1 Å². The summed E-state index contributed by atoms with van der Waals surface area (Å²) >= 11 is 0. The van der Waals surface area contributed by atoms with Gasteiger partial charge >= 0.3 is 72.6 Å². The molecule has 0 amide bonds. The Kier molecular flexibility index (Phi) is 2.95. The van der Waals surface area contributed by atoms with Gasteiger partial charge in [-0.1, -0.05) is 0 Å². The van der Waals surface area contributed by atoms with Crippen LogP contribution in [0.1, 0.15) is 0 Å². The van der Waals surface area contributed by atoms with Crippen LogP contribution in [-0.2, 0) is 4.70 Å². The van der Waals surface area contributed by atoms with Crippen LogP contribution in [0.15, 0.2) is 12.1 Å². The molecule has 0 saturated heterocycles. The Balaban J connectivity index is 3.14. The van der Waals surface area contributed by atoms with Crippen LogP contribution in [0.25, 0.3) is 0 Å². The van der Waals surface area contributed by atoms with Crippen molar-refractivity contribution in [3.63, 3.8) is 0 Å². The first-order valence-electron chi connectivity index (χ1n) is 3.33. The Morgan fingerprint density at radius 1 is 1.23 bits per heavy atom. The summed E-state index contributed by atoms with van der Waals surface area (Å²) in [4.78, 5) is 0. The minimum absolute atomic E-state index is 0.0182. The molecule has 13 heavy (non-hydrogen) atoms. The van der Waals surface area contributed by atoms with Crippen LogP contribution >= 0.6 is 0 Å². The van der Waals surface area contributed by atoms with E-state index in [4.69, 9.17) is 0 Å². The Hall–Kier alpha value is -1.46. The van der Waals surface area contributed by atoms with Crippen LogP contribution in [0.3, 0.4) is 0 Å². The van der Waals surface area contributed by atoms with Gasteiger partial charge in [0.15, 0.2) is 0 Å². The molecule has 0 N–H and O–H groups in total. The molecule has 0 aromatic heterocycles. The van der Waals surface area contributed by atoms with E-state index >= 15 is 0 Å². The summed E-state index contributed by atoms with van der Waals surface area (Å²) in [6.45, 7) is 0. The van der Waals surface area contributed by atoms with Gasteiger partial charge in [-0.25, -0.2) is 0 Å². The molecule has 0 bridgehead atoms. The number of benzene rings is 1. The quantitative estimate of drug-likeness (QED) is 0.667. The molecule has 0 radical (unpaired) electrons. The normalized spacial score (nSPS) is 9.15. The van der Waals surface area contributed by atoms with E-state index in [-0.39, 0.29) is 13.1 Å². The summed E-state index contributed by atoms with van der Waals surface area (Å²) in [6, 6.07) is 2.27. The molecule has 0 unspecified atom stereocenters. The van der Waals surface area contributed by atoms with E-state index in [2.05, 4.69) is 9.39 Å². The topological polar surface area (TPSA) is 35.5 Å². The molecule has 0 saturated carbocycles. The predicted octanol–water partition coefficient (Wildman–Crippen LogP) is 1.32. The molecule has 0 spiro atoms. The van der Waals surface area contributed by atoms with Crippen molar-refractivity contribution in [3.8, 4) is 11.5 Å². The summed E-state index contributed by atoms with van der Waals surface area (Å²) in [5.74, 6) is -3.13. The van der Waals surface area contributed by atoms with Gasteiger partial charge in [-0.2, -0.15) is 0 Å². The predicted molar refractivity (Wildman–Crippen MR) is 40.0 cm³/mol. The molecule has 6 heteroatoms. The average molecular weight is 186 g/mol. The summed E-state index contributed by atoms with van der Waals surface area (Å²) < 4.78 is 44.3. The molecule has 0 fully saturated rings. The fourth-order valence-corrected chi connectivity index (χ4v) is 0.815. The van der Waals surface area contributed by atoms with Crippen molar-refractivity contribution in [2.24, 2.45) is 0 Å². The molecular weight excluding hydrogens is 181 g/mol. The van der Waals surface area contributed by atoms with Crippen molar-refractivity contribution in [2.45, 2.75) is 0 Å². The maximum atomic E-state index is 12.9. The minimum atomic E-state index is -1.24. The van der Waals surface area contributed by atoms with Crippen molar-refractivity contribution in [1.82, 2.24) is 0 Å². The Morgan fingerprint density at radius 3 is 2.31 bits per heavy atom. The molecule has 68 valence electrons. The van der Waals surface area contributed by atoms with Crippen molar-refractivity contribution >= 4 is 7.35 Å². The summed E-state index contributed by atoms with van der Waals surface area (Å²) in [5, 5.41) is 0. The number of rotatable bonds is 3. The van der Waals surface area contributed by atoms with Crippen molar-refractivity contribution in [3.05, 3.63) is 23.8 Å². The third kappa shape index (κ3) is 1.82. The number of methoxy groups -OCH3 is 1. The number of hydrogen-bond acceptors (Lipinski definition) is 3. The van der Waals surface area contributed by atoms with E-state index in [0.29, 0.717) is 0 Å². The zero-order valence-corrected chi connectivity index (χ0v) is 6.71. The first-order valence-corrected chi connectivity index (χ1v) is 3.33. The van der Waals surface area contributed by atoms with Crippen LogP contribution in [0, 0.1) is 11.6 Å². The van der Waals surface area contributed by atoms with E-state index in [1.54, 1.807) is 0 Å². The van der Waals surface area contributed by atoms with Crippen LogP contribution in [-0.4, -0.2) is 14.5 Å². The SMILES string of the molecule is COc1ccc(OB=O)c(F)c1F. The second kappa shape index (κ2) is 3.98. The molecule has 1 aromatic rings. The molecule has 0 heterocycles. The molecular formula is C7H5BF2O3. The summed E-state index contributed by atoms with van der Waals surface area (Å²) in [5.41, 5.74) is 0. The first kappa shape index (κ1) is 9.63. The van der Waals surface area contributed by atoms with Gasteiger partial charge < -0.3 is 0 Å². The second-order valence-electron chi connectivity index (χ2n) is 2.11. The Labute approximate surface area is 73.6 Å². The third-order valence-electron chi connectivity index (χ3n) is 1.41. The molecule has 1 rings (SSSR count). The third-order valence-corrected chi connectivity index (χ3v) is 1.41. The van der Waals surface area contributed by atoms with E-state index in [1.165, 1.54) is 7.11 Å². The van der Waals surface area contributed by atoms with Gasteiger partial charge in [0.05, 0.1) is 0 Å². The van der Waals surface area contributed by atoms with Gasteiger partial charge in [-0.15, -0.1) is 0 Å². The van der Waals surface area contributed by atoms with Crippen LogP contribution in [0.5, 0.6) is 11.5 Å². The van der Waals surface area contributed by atoms with E-state index in [1.807, 2.05) is 0 Å². The van der Waals surface area contributed by atoms with Crippen molar-refractivity contribution in [2.75, 3.05) is 7.11 Å². The Bertz CT molecular complexity index is 330. The second-order valence-corrected chi connectivity index (χ2v) is 2.11. The van der Waals surface area contributed by atoms with Crippen molar-refractivity contribution < 1.29 is 22.9 Å². The van der Waals surface area contributed by atoms with Gasteiger partial charge in [0.25, 0.3) is 0 Å². The molecule has 0 aliphatic carbocycles. The number of hydrogen-bond donors (Lipinski definition) is 0. The summed E-state index contributed by atoms with van der Waals surface area (Å²) in [6.07, 6.45) is 0. The fourth-order valence-electron chi connectivity index (χ4n) is 0.815. The van der Waals surface area contributed by atoms with E-state index < -0.39 is 17.4 Å². The van der Waals surface area contributed by atoms with Crippen LogP contribution in [0.2, 0.25) is 0 Å². The average Bonchev–Trinajstić information content (AvgIpc) is 2.14. The molecule has 0 atom stereocenters. The zero-order valence-electron chi connectivity index (χ0n) is 6.71. The molecule has 0 aliphatic rings. The van der Waals surface area contributed by atoms with Crippen LogP contribution in [0.4, 0.5) is 8.78 Å². The number of ether oxygens (including phenoxy) is 1. The molecule has 3 nitrogen and oxygen atoms in total. The van der Waals surface area contributed by atoms with Crippen LogP contribution < -0.4 is 9.39 Å². The van der Waals surface area contributed by atoms with Gasteiger partial charge in [0, 0.05) is 0 Å². The zero-order chi connectivity index (χ0) is 9.84. The van der Waals surface area contributed by atoms with Gasteiger partial charge in [-0.05, 0) is 0 Å². The summed E-state index contributed by atoms with van der Waals surface area (Å²) in [7, 11) is 1.22. The standard InChI is InChI=1S/C7H5BF2O3/c1-12-4-2-3-5(13-8-11)7(10)6(4)9/h2-3H,1H3.